The number of hydrogen-bond acceptors (Lipinski definition) is 4. The van der Waals surface area contributed by atoms with E-state index in [2.05, 4.69) is 15.5 Å². The van der Waals surface area contributed by atoms with Gasteiger partial charge in [0.15, 0.2) is 0 Å². The van der Waals surface area contributed by atoms with Crippen LogP contribution in [-0.4, -0.2) is 49.4 Å². The summed E-state index contributed by atoms with van der Waals surface area (Å²) in [6.07, 6.45) is 0. The first-order valence-electron chi connectivity index (χ1n) is 9.01. The summed E-state index contributed by atoms with van der Waals surface area (Å²) in [5.74, 6) is -0.250. The van der Waals surface area contributed by atoms with Crippen LogP contribution >= 0.6 is 24.0 Å². The lowest BCUT2D eigenvalue weighted by Crippen LogP contribution is -2.52. The summed E-state index contributed by atoms with van der Waals surface area (Å²) in [6.45, 7) is 2.63. The van der Waals surface area contributed by atoms with E-state index in [1.165, 1.54) is 0 Å². The molecule has 2 aromatic carbocycles. The summed E-state index contributed by atoms with van der Waals surface area (Å²) in [5.41, 5.74) is 2.50. The molecule has 6 nitrogen and oxygen atoms in total. The fourth-order valence-electron chi connectivity index (χ4n) is 3.69. The van der Waals surface area contributed by atoms with Crippen LogP contribution < -0.4 is 15.5 Å². The number of nitrogens with zero attached hydrogens (tertiary/aromatic N) is 2. The lowest BCUT2D eigenvalue weighted by molar-refractivity contribution is -0.123. The van der Waals surface area contributed by atoms with E-state index in [9.17, 15) is 9.59 Å². The molecule has 2 amide bonds. The maximum atomic E-state index is 13.1. The van der Waals surface area contributed by atoms with Gasteiger partial charge in [0.05, 0.1) is 17.9 Å². The molecule has 4 rings (SSSR count). The second-order valence-electron chi connectivity index (χ2n) is 6.79. The van der Waals surface area contributed by atoms with Crippen molar-refractivity contribution in [3.05, 3.63) is 59.1 Å². The molecule has 1 unspecified atom stereocenters. The Kier molecular flexibility index (Phi) is 6.57. The molecule has 1 fully saturated rings. The summed E-state index contributed by atoms with van der Waals surface area (Å²) in [6, 6.07) is 15.2. The van der Waals surface area contributed by atoms with Crippen LogP contribution in [0.1, 0.15) is 11.6 Å². The minimum Gasteiger partial charge on any atom is -0.323 e. The maximum Gasteiger partial charge on any atom is 0.244 e. The van der Waals surface area contributed by atoms with Crippen LogP contribution in [-0.2, 0) is 9.59 Å². The van der Waals surface area contributed by atoms with Crippen LogP contribution in [0.15, 0.2) is 48.5 Å². The highest BCUT2D eigenvalue weighted by Gasteiger charge is 2.31. The van der Waals surface area contributed by atoms with Gasteiger partial charge in [0.2, 0.25) is 11.8 Å². The number of fused-ring (bicyclic) bond motifs is 1. The van der Waals surface area contributed by atoms with E-state index in [4.69, 9.17) is 11.6 Å². The predicted octanol–water partition coefficient (Wildman–Crippen LogP) is 2.69. The van der Waals surface area contributed by atoms with Gasteiger partial charge < -0.3 is 10.6 Å². The summed E-state index contributed by atoms with van der Waals surface area (Å²) in [4.78, 5) is 28.8. The largest absolute Gasteiger partial charge is 0.323 e. The smallest absolute Gasteiger partial charge is 0.244 e. The summed E-state index contributed by atoms with van der Waals surface area (Å²) in [5, 5.41) is 6.89. The predicted molar refractivity (Wildman–Crippen MR) is 113 cm³/mol. The molecule has 0 radical (unpaired) electrons. The number of hydrogen-bond donors (Lipinski definition) is 2. The van der Waals surface area contributed by atoms with Crippen molar-refractivity contribution in [1.82, 2.24) is 10.2 Å². The number of piperazine rings is 1. The number of rotatable bonds is 3. The molecule has 0 bridgehead atoms. The molecule has 1 saturated heterocycles. The molecule has 2 aliphatic rings. The molecule has 0 aliphatic carbocycles. The highest BCUT2D eigenvalue weighted by atomic mass is 35.5. The first-order valence-corrected chi connectivity index (χ1v) is 9.39. The Labute approximate surface area is 175 Å². The van der Waals surface area contributed by atoms with Crippen LogP contribution in [0.3, 0.4) is 0 Å². The average Bonchev–Trinajstić information content (AvgIpc) is 2.67. The van der Waals surface area contributed by atoms with E-state index >= 15 is 0 Å². The van der Waals surface area contributed by atoms with Gasteiger partial charge in [-0.25, -0.2) is 0 Å². The van der Waals surface area contributed by atoms with E-state index in [-0.39, 0.29) is 43.4 Å². The van der Waals surface area contributed by atoms with Gasteiger partial charge in [-0.05, 0) is 29.8 Å². The molecule has 0 aromatic heterocycles. The van der Waals surface area contributed by atoms with Gasteiger partial charge >= 0.3 is 0 Å². The van der Waals surface area contributed by atoms with Crippen molar-refractivity contribution >= 4 is 47.2 Å². The monoisotopic (exact) mass is 420 g/mol. The molecule has 148 valence electrons. The number of halogens is 2. The first-order chi connectivity index (χ1) is 13.1. The third kappa shape index (κ3) is 4.31. The van der Waals surface area contributed by atoms with Crippen LogP contribution in [0.5, 0.6) is 0 Å². The number of anilines is 2. The summed E-state index contributed by atoms with van der Waals surface area (Å²) >= 11 is 6.15. The minimum atomic E-state index is -0.172. The summed E-state index contributed by atoms with van der Waals surface area (Å²) < 4.78 is 0. The molecule has 28 heavy (non-hydrogen) atoms. The van der Waals surface area contributed by atoms with E-state index in [1.807, 2.05) is 48.5 Å². The fourth-order valence-corrected chi connectivity index (χ4v) is 3.89. The number of para-hydroxylation sites is 2. The SMILES string of the molecule is Cl.O=C1CN(C(=O)CN2CCNCC2c2cccc(Cl)c2)c2ccccc2N1. The van der Waals surface area contributed by atoms with Crippen molar-refractivity contribution in [3.8, 4) is 0 Å². The van der Waals surface area contributed by atoms with Crippen molar-refractivity contribution in [1.29, 1.82) is 0 Å². The van der Waals surface area contributed by atoms with Crippen molar-refractivity contribution < 1.29 is 9.59 Å². The zero-order valence-electron chi connectivity index (χ0n) is 15.2. The molecule has 2 heterocycles. The Hall–Kier alpha value is -2.12. The zero-order valence-corrected chi connectivity index (χ0v) is 16.8. The van der Waals surface area contributed by atoms with Crippen LogP contribution in [0.4, 0.5) is 11.4 Å². The second kappa shape index (κ2) is 8.92. The number of nitrogens with one attached hydrogen (secondary N) is 2. The van der Waals surface area contributed by atoms with E-state index in [0.717, 1.165) is 30.9 Å². The molecule has 0 spiro atoms. The Bertz CT molecular complexity index is 877. The lowest BCUT2D eigenvalue weighted by Gasteiger charge is -2.38. The van der Waals surface area contributed by atoms with Gasteiger partial charge in [-0.1, -0.05) is 35.9 Å². The normalized spacial score (nSPS) is 19.4. The van der Waals surface area contributed by atoms with Crippen LogP contribution in [0.25, 0.3) is 0 Å². The van der Waals surface area contributed by atoms with Gasteiger partial charge in [0.1, 0.15) is 6.54 Å². The van der Waals surface area contributed by atoms with Crippen LogP contribution in [0.2, 0.25) is 5.02 Å². The Morgan fingerprint density at radius 3 is 2.82 bits per heavy atom. The molecule has 2 N–H and O–H groups in total. The fraction of sp³-hybridized carbons (Fsp3) is 0.300. The summed E-state index contributed by atoms with van der Waals surface area (Å²) in [7, 11) is 0. The van der Waals surface area contributed by atoms with Gasteiger partial charge in [-0.15, -0.1) is 12.4 Å². The van der Waals surface area contributed by atoms with Crippen molar-refractivity contribution in [3.63, 3.8) is 0 Å². The Balaban J connectivity index is 0.00000225. The molecule has 2 aliphatic heterocycles. The number of benzene rings is 2. The average molecular weight is 421 g/mol. The minimum absolute atomic E-state index is 0. The molecule has 8 heteroatoms. The van der Waals surface area contributed by atoms with Crippen LogP contribution in [0, 0.1) is 0 Å². The second-order valence-corrected chi connectivity index (χ2v) is 7.23. The number of carbonyl (C=O) groups is 2. The van der Waals surface area contributed by atoms with Gasteiger partial charge in [-0.2, -0.15) is 0 Å². The maximum absolute atomic E-state index is 13.1. The third-order valence-corrected chi connectivity index (χ3v) is 5.23. The van der Waals surface area contributed by atoms with Gasteiger partial charge in [-0.3, -0.25) is 19.4 Å². The standard InChI is InChI=1S/C20H21ClN4O2.ClH/c21-15-5-3-4-14(10-15)18-11-22-8-9-24(18)13-20(27)25-12-19(26)23-16-6-1-2-7-17(16)25;/h1-7,10,18,22H,8-9,11-13H2,(H,23,26);1H. The third-order valence-electron chi connectivity index (χ3n) is 5.00. The van der Waals surface area contributed by atoms with E-state index in [1.54, 1.807) is 4.90 Å². The first kappa shape index (κ1) is 20.6. The van der Waals surface area contributed by atoms with E-state index < -0.39 is 0 Å². The molecule has 2 aromatic rings. The van der Waals surface area contributed by atoms with Crippen molar-refractivity contribution in [2.45, 2.75) is 6.04 Å². The van der Waals surface area contributed by atoms with E-state index in [0.29, 0.717) is 10.7 Å². The number of carbonyl (C=O) groups excluding carboxylic acids is 2. The zero-order chi connectivity index (χ0) is 18.8. The molecule has 0 saturated carbocycles. The highest BCUT2D eigenvalue weighted by Crippen LogP contribution is 2.30. The van der Waals surface area contributed by atoms with Gasteiger partial charge in [0, 0.05) is 30.7 Å². The molecular formula is C20H22Cl2N4O2. The lowest BCUT2D eigenvalue weighted by atomic mass is 10.0. The molecule has 1 atom stereocenters. The van der Waals surface area contributed by atoms with Gasteiger partial charge in [0.25, 0.3) is 0 Å². The van der Waals surface area contributed by atoms with Crippen molar-refractivity contribution in [2.24, 2.45) is 0 Å². The Morgan fingerprint density at radius 1 is 1.18 bits per heavy atom. The van der Waals surface area contributed by atoms with Crippen molar-refractivity contribution in [2.75, 3.05) is 42.9 Å². The topological polar surface area (TPSA) is 64.7 Å². The Morgan fingerprint density at radius 2 is 2.00 bits per heavy atom. The molecular weight excluding hydrogens is 399 g/mol. The highest BCUT2D eigenvalue weighted by molar-refractivity contribution is 6.30. The number of amides is 2. The quantitative estimate of drug-likeness (QED) is 0.800.